The van der Waals surface area contributed by atoms with Crippen LogP contribution >= 0.6 is 0 Å². The Morgan fingerprint density at radius 1 is 0.423 bits per heavy atom. The van der Waals surface area contributed by atoms with Gasteiger partial charge in [0.05, 0.1) is 22.8 Å². The Bertz CT molecular complexity index is 2860. The molecule has 0 saturated heterocycles. The molecule has 0 aliphatic heterocycles. The molecule has 0 amide bonds. The zero-order valence-corrected chi connectivity index (χ0v) is 29.8. The molecule has 2 nitrogen and oxygen atoms in total. The lowest BCUT2D eigenvalue weighted by molar-refractivity contribution is 0.660. The molecule has 0 bridgehead atoms. The van der Waals surface area contributed by atoms with E-state index in [2.05, 4.69) is 161 Å². The van der Waals surface area contributed by atoms with Crippen LogP contribution in [0.25, 0.3) is 77.4 Å². The summed E-state index contributed by atoms with van der Waals surface area (Å²) in [7, 11) is 0. The molecule has 0 atom stereocenters. The van der Waals surface area contributed by atoms with Gasteiger partial charge in [-0.25, -0.2) is 4.98 Å². The number of rotatable bonds is 3. The van der Waals surface area contributed by atoms with Crippen LogP contribution < -0.4 is 0 Å². The third-order valence-corrected chi connectivity index (χ3v) is 11.9. The van der Waals surface area contributed by atoms with Crippen molar-refractivity contribution in [1.82, 2.24) is 4.98 Å². The molecule has 2 aliphatic rings. The van der Waals surface area contributed by atoms with Gasteiger partial charge in [-0.15, -0.1) is 0 Å². The second-order valence-electron chi connectivity index (χ2n) is 15.5. The number of hydrogen-bond donors (Lipinski definition) is 0. The maximum Gasteiger partial charge on any atom is 0.0991 e. The first kappa shape index (κ1) is 30.5. The molecule has 0 saturated carbocycles. The van der Waals surface area contributed by atoms with Crippen molar-refractivity contribution < 1.29 is 0 Å². The van der Waals surface area contributed by atoms with Crippen LogP contribution in [-0.2, 0) is 10.8 Å². The second kappa shape index (κ2) is 10.8. The maximum absolute atomic E-state index is 9.79. The van der Waals surface area contributed by atoms with Gasteiger partial charge in [-0.05, 0) is 109 Å². The quantitative estimate of drug-likeness (QED) is 0.176. The fourth-order valence-corrected chi connectivity index (χ4v) is 9.17. The Balaban J connectivity index is 1.26. The van der Waals surface area contributed by atoms with E-state index in [1.54, 1.807) is 0 Å². The zero-order valence-electron chi connectivity index (χ0n) is 29.8. The monoisotopic (exact) mass is 664 g/mol. The van der Waals surface area contributed by atoms with Crippen molar-refractivity contribution in [2.75, 3.05) is 0 Å². The van der Waals surface area contributed by atoms with Crippen LogP contribution in [0.5, 0.6) is 0 Å². The number of nitriles is 1. The summed E-state index contributed by atoms with van der Waals surface area (Å²) >= 11 is 0. The molecule has 0 N–H and O–H groups in total. The molecule has 52 heavy (non-hydrogen) atoms. The van der Waals surface area contributed by atoms with Gasteiger partial charge in [0.1, 0.15) is 0 Å². The van der Waals surface area contributed by atoms with Crippen molar-refractivity contribution in [2.45, 2.75) is 38.5 Å². The third-order valence-electron chi connectivity index (χ3n) is 11.9. The molecule has 246 valence electrons. The SMILES string of the molecule is CC1(C)c2ccccc2-c2ccc(-c3cc(-c4ccc5c(c4)C(C)(C)c4ccccc4-5)c4cc(-c5cccc(C#N)c5)c5ccccc5c4n3)cc21. The molecule has 1 heterocycles. The van der Waals surface area contributed by atoms with Gasteiger partial charge in [-0.1, -0.05) is 137 Å². The number of benzene rings is 7. The molecule has 0 spiro atoms. The molecule has 2 aliphatic carbocycles. The van der Waals surface area contributed by atoms with Crippen molar-refractivity contribution in [3.63, 3.8) is 0 Å². The number of hydrogen-bond acceptors (Lipinski definition) is 2. The van der Waals surface area contributed by atoms with E-state index >= 15 is 0 Å². The first-order valence-corrected chi connectivity index (χ1v) is 18.1. The Morgan fingerprint density at radius 2 is 0.962 bits per heavy atom. The van der Waals surface area contributed by atoms with Gasteiger partial charge in [0, 0.05) is 27.2 Å². The standard InChI is InChI=1S/C50H36N2/c1-49(2)43-18-9-7-15-35(43)37-22-20-32(25-45(37)49)41-28-47(33-21-23-38-36-16-8-10-19-44(36)50(3,4)46(38)26-33)52-48-39-17-6-5-14-34(39)40(27-42(41)48)31-13-11-12-30(24-31)29-51/h5-28H,1-4H3. The third kappa shape index (κ3) is 4.26. The van der Waals surface area contributed by atoms with Crippen molar-refractivity contribution in [1.29, 1.82) is 5.26 Å². The summed E-state index contributed by atoms with van der Waals surface area (Å²) in [5, 5.41) is 13.1. The predicted octanol–water partition coefficient (Wildman–Crippen LogP) is 12.9. The molecule has 2 heteroatoms. The van der Waals surface area contributed by atoms with Gasteiger partial charge < -0.3 is 0 Å². The van der Waals surface area contributed by atoms with Crippen LogP contribution in [0.15, 0.2) is 146 Å². The molecule has 1 aromatic heterocycles. The lowest BCUT2D eigenvalue weighted by Crippen LogP contribution is -2.15. The van der Waals surface area contributed by atoms with Crippen molar-refractivity contribution in [2.24, 2.45) is 0 Å². The van der Waals surface area contributed by atoms with Crippen LogP contribution in [0, 0.1) is 11.3 Å². The van der Waals surface area contributed by atoms with E-state index in [9.17, 15) is 5.26 Å². The van der Waals surface area contributed by atoms with Crippen molar-refractivity contribution >= 4 is 21.7 Å². The molecular formula is C50H36N2. The van der Waals surface area contributed by atoms with Gasteiger partial charge in [-0.2, -0.15) is 5.26 Å². The van der Waals surface area contributed by atoms with Crippen LogP contribution in [0.4, 0.5) is 0 Å². The fourth-order valence-electron chi connectivity index (χ4n) is 9.17. The highest BCUT2D eigenvalue weighted by molar-refractivity contribution is 6.16. The summed E-state index contributed by atoms with van der Waals surface area (Å²) in [6.45, 7) is 9.36. The molecule has 8 aromatic rings. The molecule has 0 radical (unpaired) electrons. The smallest absolute Gasteiger partial charge is 0.0991 e. The number of pyridine rings is 1. The molecular weight excluding hydrogens is 629 g/mol. The number of aromatic nitrogens is 1. The first-order chi connectivity index (χ1) is 25.2. The van der Waals surface area contributed by atoms with Gasteiger partial charge >= 0.3 is 0 Å². The summed E-state index contributed by atoms with van der Waals surface area (Å²) in [5.74, 6) is 0. The fraction of sp³-hybridized carbons (Fsp3) is 0.120. The predicted molar refractivity (Wildman–Crippen MR) is 215 cm³/mol. The average molecular weight is 665 g/mol. The van der Waals surface area contributed by atoms with Crippen LogP contribution in [0.2, 0.25) is 0 Å². The second-order valence-corrected chi connectivity index (χ2v) is 15.5. The summed E-state index contributed by atoms with van der Waals surface area (Å²) < 4.78 is 0. The highest BCUT2D eigenvalue weighted by atomic mass is 14.7. The minimum atomic E-state index is -0.121. The first-order valence-electron chi connectivity index (χ1n) is 18.1. The topological polar surface area (TPSA) is 36.7 Å². The van der Waals surface area contributed by atoms with Gasteiger partial charge in [-0.3, -0.25) is 0 Å². The average Bonchev–Trinajstić information content (AvgIpc) is 3.56. The Labute approximate surface area is 304 Å². The summed E-state index contributed by atoms with van der Waals surface area (Å²) in [6, 6.07) is 55.1. The van der Waals surface area contributed by atoms with E-state index in [1.165, 1.54) is 50.1 Å². The number of nitrogens with zero attached hydrogens (tertiary/aromatic N) is 2. The van der Waals surface area contributed by atoms with Crippen molar-refractivity contribution in [3.8, 4) is 61.8 Å². The zero-order chi connectivity index (χ0) is 35.4. The highest BCUT2D eigenvalue weighted by Crippen LogP contribution is 2.52. The Kier molecular flexibility index (Phi) is 6.37. The largest absolute Gasteiger partial charge is 0.247 e. The van der Waals surface area contributed by atoms with E-state index in [1.807, 2.05) is 18.2 Å². The number of fused-ring (bicyclic) bond motifs is 9. The summed E-state index contributed by atoms with van der Waals surface area (Å²) in [5.41, 5.74) is 18.6. The van der Waals surface area contributed by atoms with Crippen LogP contribution in [0.1, 0.15) is 55.5 Å². The molecule has 0 fully saturated rings. The van der Waals surface area contributed by atoms with E-state index in [4.69, 9.17) is 4.98 Å². The minimum Gasteiger partial charge on any atom is -0.247 e. The Hall–Kier alpha value is -6.30. The van der Waals surface area contributed by atoms with Crippen molar-refractivity contribution in [3.05, 3.63) is 173 Å². The van der Waals surface area contributed by atoms with Crippen LogP contribution in [-0.4, -0.2) is 4.98 Å². The lowest BCUT2D eigenvalue weighted by atomic mass is 9.81. The van der Waals surface area contributed by atoms with Gasteiger partial charge in [0.25, 0.3) is 0 Å². The normalized spacial score (nSPS) is 14.4. The van der Waals surface area contributed by atoms with E-state index in [0.29, 0.717) is 5.56 Å². The van der Waals surface area contributed by atoms with E-state index in [0.717, 1.165) is 49.6 Å². The van der Waals surface area contributed by atoms with E-state index < -0.39 is 0 Å². The van der Waals surface area contributed by atoms with Gasteiger partial charge in [0.15, 0.2) is 0 Å². The summed E-state index contributed by atoms with van der Waals surface area (Å²) in [4.78, 5) is 5.53. The molecule has 0 unspecified atom stereocenters. The minimum absolute atomic E-state index is 0.109. The maximum atomic E-state index is 9.79. The van der Waals surface area contributed by atoms with Gasteiger partial charge in [0.2, 0.25) is 0 Å². The highest BCUT2D eigenvalue weighted by Gasteiger charge is 2.37. The van der Waals surface area contributed by atoms with Crippen LogP contribution in [0.3, 0.4) is 0 Å². The lowest BCUT2D eigenvalue weighted by Gasteiger charge is -2.23. The molecule has 10 rings (SSSR count). The summed E-state index contributed by atoms with van der Waals surface area (Å²) in [6.07, 6.45) is 0. The molecule has 7 aromatic carbocycles. The van der Waals surface area contributed by atoms with E-state index in [-0.39, 0.29) is 10.8 Å². The Morgan fingerprint density at radius 3 is 1.63 bits per heavy atom.